The van der Waals surface area contributed by atoms with Crippen molar-refractivity contribution in [3.05, 3.63) is 23.9 Å². The summed E-state index contributed by atoms with van der Waals surface area (Å²) in [5.41, 5.74) is 2.30. The van der Waals surface area contributed by atoms with Crippen molar-refractivity contribution in [3.8, 4) is 0 Å². The van der Waals surface area contributed by atoms with Gasteiger partial charge in [0.15, 0.2) is 0 Å². The van der Waals surface area contributed by atoms with Crippen molar-refractivity contribution < 1.29 is 0 Å². The minimum atomic E-state index is 0.941. The van der Waals surface area contributed by atoms with Crippen LogP contribution in [0.1, 0.15) is 13.3 Å². The van der Waals surface area contributed by atoms with Gasteiger partial charge < -0.3 is 0 Å². The molecule has 0 unspecified atom stereocenters. The highest BCUT2D eigenvalue weighted by molar-refractivity contribution is 5.74. The number of rotatable bonds is 0. The number of hydrogen-bond donors (Lipinski definition) is 0. The first-order chi connectivity index (χ1) is 3.79. The number of dihydropyridines is 1. The van der Waals surface area contributed by atoms with Crippen molar-refractivity contribution in [3.63, 3.8) is 0 Å². The second kappa shape index (κ2) is 1.95. The highest BCUT2D eigenvalue weighted by Gasteiger charge is 1.95. The molecule has 0 radical (unpaired) electrons. The van der Waals surface area contributed by atoms with Crippen molar-refractivity contribution in [2.45, 2.75) is 13.3 Å². The number of allylic oxidation sites excluding steroid dienone is 2. The third-order valence-electron chi connectivity index (χ3n) is 1.10. The van der Waals surface area contributed by atoms with Crippen LogP contribution >= 0.6 is 0 Å². The summed E-state index contributed by atoms with van der Waals surface area (Å²) in [4.78, 5) is 3.98. The Hall–Kier alpha value is -0.850. The topological polar surface area (TPSA) is 12.4 Å². The lowest BCUT2D eigenvalue weighted by molar-refractivity contribution is 1.08. The van der Waals surface area contributed by atoms with Gasteiger partial charge in [0.25, 0.3) is 0 Å². The molecule has 0 atom stereocenters. The van der Waals surface area contributed by atoms with E-state index in [1.807, 2.05) is 6.08 Å². The molecule has 0 saturated heterocycles. The van der Waals surface area contributed by atoms with Crippen LogP contribution in [0.2, 0.25) is 0 Å². The summed E-state index contributed by atoms with van der Waals surface area (Å²) in [7, 11) is 0. The first kappa shape index (κ1) is 5.29. The maximum absolute atomic E-state index is 3.98. The van der Waals surface area contributed by atoms with Crippen LogP contribution in [-0.4, -0.2) is 6.21 Å². The molecule has 1 rings (SSSR count). The average molecular weight is 107 g/mol. The van der Waals surface area contributed by atoms with Crippen molar-refractivity contribution in [2.24, 2.45) is 4.99 Å². The fourth-order valence-electron chi connectivity index (χ4n) is 0.696. The highest BCUT2D eigenvalue weighted by atomic mass is 14.7. The summed E-state index contributed by atoms with van der Waals surface area (Å²) in [6, 6.07) is 0. The summed E-state index contributed by atoms with van der Waals surface area (Å²) in [6.07, 6.45) is 4.74. The molecule has 0 amide bonds. The monoisotopic (exact) mass is 107 g/mol. The minimum absolute atomic E-state index is 0.941. The van der Waals surface area contributed by atoms with E-state index < -0.39 is 0 Å². The van der Waals surface area contributed by atoms with Crippen molar-refractivity contribution >= 4 is 6.21 Å². The lowest BCUT2D eigenvalue weighted by Crippen LogP contribution is -1.86. The molecule has 0 N–H and O–H groups in total. The van der Waals surface area contributed by atoms with Crippen molar-refractivity contribution in [1.82, 2.24) is 0 Å². The van der Waals surface area contributed by atoms with Gasteiger partial charge in [-0.15, -0.1) is 0 Å². The standard InChI is InChI=1S/C7H9N/c1-6-3-4-8-7(2)5-6/h3-4H,2,5H2,1H3. The Kier molecular flexibility index (Phi) is 1.29. The first-order valence-electron chi connectivity index (χ1n) is 2.66. The lowest BCUT2D eigenvalue weighted by atomic mass is 10.1. The maximum atomic E-state index is 3.98. The first-order valence-corrected chi connectivity index (χ1v) is 2.66. The van der Waals surface area contributed by atoms with Gasteiger partial charge in [0.2, 0.25) is 0 Å². The van der Waals surface area contributed by atoms with E-state index in [0.29, 0.717) is 0 Å². The molecule has 0 aromatic heterocycles. The van der Waals surface area contributed by atoms with Crippen LogP contribution in [-0.2, 0) is 0 Å². The second-order valence-corrected chi connectivity index (χ2v) is 2.03. The molecule has 1 aliphatic heterocycles. The molecule has 0 bridgehead atoms. The lowest BCUT2D eigenvalue weighted by Gasteiger charge is -2.02. The third-order valence-corrected chi connectivity index (χ3v) is 1.10. The molecule has 0 aromatic carbocycles. The number of nitrogens with zero attached hydrogens (tertiary/aromatic N) is 1. The Morgan fingerprint density at radius 2 is 2.50 bits per heavy atom. The van der Waals surface area contributed by atoms with Gasteiger partial charge in [0.05, 0.1) is 0 Å². The molecule has 8 heavy (non-hydrogen) atoms. The second-order valence-electron chi connectivity index (χ2n) is 2.03. The Balaban J connectivity index is 2.73. The van der Waals surface area contributed by atoms with E-state index in [1.165, 1.54) is 5.57 Å². The van der Waals surface area contributed by atoms with Gasteiger partial charge >= 0.3 is 0 Å². The SMILES string of the molecule is C=C1CC(C)=CC=N1. The molecule has 1 heteroatoms. The van der Waals surface area contributed by atoms with Crippen LogP contribution in [0.25, 0.3) is 0 Å². The Morgan fingerprint density at radius 3 is 2.88 bits per heavy atom. The zero-order chi connectivity index (χ0) is 5.98. The zero-order valence-corrected chi connectivity index (χ0v) is 5.02. The van der Waals surface area contributed by atoms with Gasteiger partial charge in [-0.05, 0) is 13.0 Å². The molecule has 1 heterocycles. The van der Waals surface area contributed by atoms with Gasteiger partial charge in [-0.1, -0.05) is 12.2 Å². The van der Waals surface area contributed by atoms with E-state index >= 15 is 0 Å². The van der Waals surface area contributed by atoms with E-state index in [2.05, 4.69) is 18.5 Å². The van der Waals surface area contributed by atoms with Crippen LogP contribution in [0.3, 0.4) is 0 Å². The third kappa shape index (κ3) is 1.06. The van der Waals surface area contributed by atoms with Crippen LogP contribution < -0.4 is 0 Å². The van der Waals surface area contributed by atoms with Crippen LogP contribution in [0.5, 0.6) is 0 Å². The normalized spacial score (nSPS) is 18.6. The number of aliphatic imine (C=N–C) groups is 1. The molecule has 0 fully saturated rings. The van der Waals surface area contributed by atoms with Crippen LogP contribution in [0.15, 0.2) is 28.9 Å². The van der Waals surface area contributed by atoms with Gasteiger partial charge in [0.1, 0.15) is 0 Å². The molecular formula is C7H9N. The average Bonchev–Trinajstić information content (AvgIpc) is 1.64. The molecule has 1 aliphatic rings. The molecule has 1 nitrogen and oxygen atoms in total. The largest absolute Gasteiger partial charge is 0.262 e. The van der Waals surface area contributed by atoms with Gasteiger partial charge in [-0.2, -0.15) is 0 Å². The van der Waals surface area contributed by atoms with Crippen molar-refractivity contribution in [2.75, 3.05) is 0 Å². The molecule has 0 spiro atoms. The summed E-state index contributed by atoms with van der Waals surface area (Å²) < 4.78 is 0. The molecule has 0 saturated carbocycles. The molecule has 42 valence electrons. The van der Waals surface area contributed by atoms with Gasteiger partial charge in [-0.3, -0.25) is 4.99 Å². The zero-order valence-electron chi connectivity index (χ0n) is 5.02. The maximum Gasteiger partial charge on any atom is 0.0372 e. The highest BCUT2D eigenvalue weighted by Crippen LogP contribution is 2.11. The predicted octanol–water partition coefficient (Wildman–Crippen LogP) is 1.92. The fraction of sp³-hybridized carbons (Fsp3) is 0.286. The van der Waals surface area contributed by atoms with Gasteiger partial charge in [0, 0.05) is 18.3 Å². The summed E-state index contributed by atoms with van der Waals surface area (Å²) in [6.45, 7) is 5.81. The van der Waals surface area contributed by atoms with E-state index in [4.69, 9.17) is 0 Å². The minimum Gasteiger partial charge on any atom is -0.262 e. The number of hydrogen-bond acceptors (Lipinski definition) is 1. The van der Waals surface area contributed by atoms with E-state index in [-0.39, 0.29) is 0 Å². The summed E-state index contributed by atoms with van der Waals surface area (Å²) in [5.74, 6) is 0. The van der Waals surface area contributed by atoms with Crippen LogP contribution in [0.4, 0.5) is 0 Å². The Bertz CT molecular complexity index is 163. The predicted molar refractivity (Wildman–Crippen MR) is 36.0 cm³/mol. The summed E-state index contributed by atoms with van der Waals surface area (Å²) >= 11 is 0. The summed E-state index contributed by atoms with van der Waals surface area (Å²) in [5, 5.41) is 0. The van der Waals surface area contributed by atoms with E-state index in [1.54, 1.807) is 6.21 Å². The molecule has 0 aromatic rings. The quantitative estimate of drug-likeness (QED) is 0.448. The van der Waals surface area contributed by atoms with E-state index in [9.17, 15) is 0 Å². The molecule has 0 aliphatic carbocycles. The van der Waals surface area contributed by atoms with Crippen LogP contribution in [0, 0.1) is 0 Å². The van der Waals surface area contributed by atoms with Crippen molar-refractivity contribution in [1.29, 1.82) is 0 Å². The smallest absolute Gasteiger partial charge is 0.0372 e. The fourth-order valence-corrected chi connectivity index (χ4v) is 0.696. The Morgan fingerprint density at radius 1 is 1.75 bits per heavy atom. The van der Waals surface area contributed by atoms with Gasteiger partial charge in [-0.25, -0.2) is 0 Å². The van der Waals surface area contributed by atoms with E-state index in [0.717, 1.165) is 12.1 Å². The molecular weight excluding hydrogens is 98.1 g/mol. The Labute approximate surface area is 49.4 Å².